The maximum absolute atomic E-state index is 5.98. The van der Waals surface area contributed by atoms with Gasteiger partial charge in [-0.3, -0.25) is 0 Å². The lowest BCUT2D eigenvalue weighted by atomic mass is 10.1. The number of hydrogen-bond donors (Lipinski definition) is 0. The van der Waals surface area contributed by atoms with Crippen LogP contribution < -0.4 is 0 Å². The molecule has 82 valence electrons. The van der Waals surface area contributed by atoms with Crippen molar-refractivity contribution in [3.8, 4) is 11.4 Å². The fraction of sp³-hybridized carbons (Fsp3) is 0.231. The Morgan fingerprint density at radius 3 is 2.62 bits per heavy atom. The molecule has 0 aliphatic heterocycles. The molecule has 0 spiro atoms. The van der Waals surface area contributed by atoms with E-state index in [1.807, 2.05) is 37.3 Å². The summed E-state index contributed by atoms with van der Waals surface area (Å²) in [6.45, 7) is 4.10. The summed E-state index contributed by atoms with van der Waals surface area (Å²) in [5.41, 5.74) is 3.17. The standard InChI is InChI=1S/C13H13ClN2/c1-3-10-8-12(14)16-13(15-10)11-7-5-4-6-9(11)2/h4-8H,3H2,1-2H3. The lowest BCUT2D eigenvalue weighted by Gasteiger charge is -2.06. The Kier molecular flexibility index (Phi) is 3.20. The van der Waals surface area contributed by atoms with Crippen LogP contribution in [0.1, 0.15) is 18.2 Å². The molecule has 0 N–H and O–H groups in total. The zero-order valence-corrected chi connectivity index (χ0v) is 10.1. The van der Waals surface area contributed by atoms with Gasteiger partial charge in [-0.2, -0.15) is 0 Å². The van der Waals surface area contributed by atoms with Crippen LogP contribution in [-0.2, 0) is 6.42 Å². The summed E-state index contributed by atoms with van der Waals surface area (Å²) in [7, 11) is 0. The monoisotopic (exact) mass is 232 g/mol. The highest BCUT2D eigenvalue weighted by molar-refractivity contribution is 6.29. The zero-order valence-electron chi connectivity index (χ0n) is 9.37. The third kappa shape index (κ3) is 2.22. The third-order valence-electron chi connectivity index (χ3n) is 2.50. The fourth-order valence-electron chi connectivity index (χ4n) is 1.59. The van der Waals surface area contributed by atoms with Gasteiger partial charge in [0.05, 0.1) is 0 Å². The summed E-state index contributed by atoms with van der Waals surface area (Å²) in [6.07, 6.45) is 0.862. The van der Waals surface area contributed by atoms with Crippen molar-refractivity contribution in [1.29, 1.82) is 0 Å². The van der Waals surface area contributed by atoms with Crippen LogP contribution in [0.3, 0.4) is 0 Å². The summed E-state index contributed by atoms with van der Waals surface area (Å²) in [6, 6.07) is 9.86. The molecule has 0 bridgehead atoms. The van der Waals surface area contributed by atoms with Crippen molar-refractivity contribution in [2.45, 2.75) is 20.3 Å². The maximum atomic E-state index is 5.98. The molecule has 16 heavy (non-hydrogen) atoms. The second kappa shape index (κ2) is 4.62. The van der Waals surface area contributed by atoms with Gasteiger partial charge < -0.3 is 0 Å². The van der Waals surface area contributed by atoms with Crippen LogP contribution in [0.5, 0.6) is 0 Å². The Bertz CT molecular complexity index is 509. The third-order valence-corrected chi connectivity index (χ3v) is 2.69. The Morgan fingerprint density at radius 2 is 1.94 bits per heavy atom. The normalized spacial score (nSPS) is 10.4. The average Bonchev–Trinajstić information content (AvgIpc) is 2.28. The molecule has 0 unspecified atom stereocenters. The van der Waals surface area contributed by atoms with Gasteiger partial charge in [0.1, 0.15) is 5.15 Å². The van der Waals surface area contributed by atoms with Gasteiger partial charge in [-0.05, 0) is 25.0 Å². The van der Waals surface area contributed by atoms with Crippen LogP contribution in [0.4, 0.5) is 0 Å². The number of nitrogens with zero attached hydrogens (tertiary/aromatic N) is 2. The lowest BCUT2D eigenvalue weighted by molar-refractivity contribution is 1.00. The van der Waals surface area contributed by atoms with Crippen LogP contribution in [0, 0.1) is 6.92 Å². The first-order valence-corrected chi connectivity index (χ1v) is 5.68. The molecule has 0 radical (unpaired) electrons. The zero-order chi connectivity index (χ0) is 11.5. The summed E-state index contributed by atoms with van der Waals surface area (Å²) in [5.74, 6) is 0.711. The molecule has 1 aromatic heterocycles. The first kappa shape index (κ1) is 11.1. The van der Waals surface area contributed by atoms with E-state index in [2.05, 4.69) is 16.9 Å². The molecule has 0 atom stereocenters. The molecule has 0 fully saturated rings. The molecule has 0 amide bonds. The fourth-order valence-corrected chi connectivity index (χ4v) is 1.80. The van der Waals surface area contributed by atoms with Crippen molar-refractivity contribution < 1.29 is 0 Å². The van der Waals surface area contributed by atoms with Crippen LogP contribution in [-0.4, -0.2) is 9.97 Å². The van der Waals surface area contributed by atoms with E-state index in [0.717, 1.165) is 23.2 Å². The van der Waals surface area contributed by atoms with Gasteiger partial charge in [-0.15, -0.1) is 0 Å². The number of aryl methyl sites for hydroxylation is 2. The van der Waals surface area contributed by atoms with Gasteiger partial charge in [-0.1, -0.05) is 42.8 Å². The topological polar surface area (TPSA) is 25.8 Å². The maximum Gasteiger partial charge on any atom is 0.161 e. The first-order chi connectivity index (χ1) is 7.70. The van der Waals surface area contributed by atoms with Gasteiger partial charge in [0.15, 0.2) is 5.82 Å². The minimum atomic E-state index is 0.505. The SMILES string of the molecule is CCc1cc(Cl)nc(-c2ccccc2C)n1. The molecule has 0 aliphatic rings. The highest BCUT2D eigenvalue weighted by Crippen LogP contribution is 2.21. The Morgan fingerprint density at radius 1 is 1.19 bits per heavy atom. The van der Waals surface area contributed by atoms with Crippen molar-refractivity contribution >= 4 is 11.6 Å². The first-order valence-electron chi connectivity index (χ1n) is 5.30. The van der Waals surface area contributed by atoms with Crippen molar-refractivity contribution in [2.24, 2.45) is 0 Å². The van der Waals surface area contributed by atoms with E-state index >= 15 is 0 Å². The molecular weight excluding hydrogens is 220 g/mol. The van der Waals surface area contributed by atoms with E-state index in [1.54, 1.807) is 0 Å². The van der Waals surface area contributed by atoms with Crippen molar-refractivity contribution in [2.75, 3.05) is 0 Å². The van der Waals surface area contributed by atoms with Crippen molar-refractivity contribution in [1.82, 2.24) is 9.97 Å². The van der Waals surface area contributed by atoms with Gasteiger partial charge >= 0.3 is 0 Å². The molecule has 0 saturated heterocycles. The highest BCUT2D eigenvalue weighted by Gasteiger charge is 2.06. The van der Waals surface area contributed by atoms with Crippen molar-refractivity contribution in [3.05, 3.63) is 46.7 Å². The predicted molar refractivity (Wildman–Crippen MR) is 66.6 cm³/mol. The van der Waals surface area contributed by atoms with Gasteiger partial charge in [0, 0.05) is 11.3 Å². The molecule has 0 saturated carbocycles. The highest BCUT2D eigenvalue weighted by atomic mass is 35.5. The van der Waals surface area contributed by atoms with Crippen LogP contribution >= 0.6 is 11.6 Å². The number of benzene rings is 1. The van der Waals surface area contributed by atoms with Crippen molar-refractivity contribution in [3.63, 3.8) is 0 Å². The molecule has 3 heteroatoms. The average molecular weight is 233 g/mol. The Balaban J connectivity index is 2.56. The quantitative estimate of drug-likeness (QED) is 0.739. The summed E-state index contributed by atoms with van der Waals surface area (Å²) in [5, 5.41) is 0.505. The molecule has 1 aromatic carbocycles. The van der Waals surface area contributed by atoms with E-state index in [9.17, 15) is 0 Å². The second-order valence-corrected chi connectivity index (χ2v) is 4.06. The minimum Gasteiger partial charge on any atom is -0.233 e. The van der Waals surface area contributed by atoms with E-state index in [4.69, 9.17) is 11.6 Å². The van der Waals surface area contributed by atoms with E-state index < -0.39 is 0 Å². The number of rotatable bonds is 2. The van der Waals surface area contributed by atoms with Gasteiger partial charge in [0.2, 0.25) is 0 Å². The molecule has 2 rings (SSSR count). The molecule has 0 aliphatic carbocycles. The Labute approximate surface area is 100 Å². The number of aromatic nitrogens is 2. The Hall–Kier alpha value is -1.41. The lowest BCUT2D eigenvalue weighted by Crippen LogP contribution is -1.96. The van der Waals surface area contributed by atoms with Gasteiger partial charge in [-0.25, -0.2) is 9.97 Å². The van der Waals surface area contributed by atoms with Crippen LogP contribution in [0.15, 0.2) is 30.3 Å². The smallest absolute Gasteiger partial charge is 0.161 e. The molecule has 2 nitrogen and oxygen atoms in total. The summed E-state index contributed by atoms with van der Waals surface area (Å²) in [4.78, 5) is 8.75. The van der Waals surface area contributed by atoms with E-state index in [1.165, 1.54) is 0 Å². The van der Waals surface area contributed by atoms with Crippen LogP contribution in [0.2, 0.25) is 5.15 Å². The minimum absolute atomic E-state index is 0.505. The van der Waals surface area contributed by atoms with Gasteiger partial charge in [0.25, 0.3) is 0 Å². The summed E-state index contributed by atoms with van der Waals surface area (Å²) >= 11 is 5.98. The number of hydrogen-bond acceptors (Lipinski definition) is 2. The molecular formula is C13H13ClN2. The predicted octanol–water partition coefficient (Wildman–Crippen LogP) is 3.67. The van der Waals surface area contributed by atoms with E-state index in [0.29, 0.717) is 11.0 Å². The second-order valence-electron chi connectivity index (χ2n) is 3.67. The largest absolute Gasteiger partial charge is 0.233 e. The molecule has 2 aromatic rings. The number of halogens is 1. The van der Waals surface area contributed by atoms with Crippen LogP contribution in [0.25, 0.3) is 11.4 Å². The van der Waals surface area contributed by atoms with E-state index in [-0.39, 0.29) is 0 Å². The molecule has 1 heterocycles. The summed E-state index contributed by atoms with van der Waals surface area (Å²) < 4.78 is 0.